The lowest BCUT2D eigenvalue weighted by atomic mass is 9.91. The molecule has 0 bridgehead atoms. The monoisotopic (exact) mass is 294 g/mol. The first-order chi connectivity index (χ1) is 9.24. The third-order valence-corrected chi connectivity index (χ3v) is 4.65. The van der Waals surface area contributed by atoms with E-state index in [4.69, 9.17) is 5.73 Å². The van der Waals surface area contributed by atoms with E-state index >= 15 is 0 Å². The van der Waals surface area contributed by atoms with Crippen LogP contribution in [0.15, 0.2) is 24.3 Å². The van der Waals surface area contributed by atoms with E-state index in [-0.39, 0.29) is 12.4 Å². The van der Waals surface area contributed by atoms with Gasteiger partial charge in [0.15, 0.2) is 0 Å². The Morgan fingerprint density at radius 1 is 1.15 bits per heavy atom. The Bertz CT molecular complexity index is 460. The molecule has 1 amide bonds. The van der Waals surface area contributed by atoms with Gasteiger partial charge in [0.25, 0.3) is 0 Å². The highest BCUT2D eigenvalue weighted by Gasteiger charge is 2.36. The third kappa shape index (κ3) is 3.09. The number of rotatable bonds is 2. The molecular formula is C16H23ClN2O. The average Bonchev–Trinajstić information content (AvgIpc) is 2.89. The number of hydrogen-bond acceptors (Lipinski definition) is 2. The molecule has 3 nitrogen and oxygen atoms in total. The summed E-state index contributed by atoms with van der Waals surface area (Å²) in [6.45, 7) is 0.953. The molecule has 2 aliphatic rings. The molecule has 1 aliphatic heterocycles. The standard InChI is InChI=1S/C16H22N2O.ClH/c17-14-8-6-12(7-9-14)11-16(19)18-10-2-4-13-3-1-5-15(13)18;/h6-9,13,15H,1-5,10-11,17H2;1H. The van der Waals surface area contributed by atoms with Crippen LogP contribution in [0.1, 0.15) is 37.7 Å². The minimum absolute atomic E-state index is 0. The zero-order valence-electron chi connectivity index (χ0n) is 11.8. The molecule has 3 rings (SSSR count). The van der Waals surface area contributed by atoms with Crippen LogP contribution in [0, 0.1) is 5.92 Å². The van der Waals surface area contributed by atoms with E-state index in [9.17, 15) is 4.79 Å². The van der Waals surface area contributed by atoms with Crippen molar-refractivity contribution in [3.8, 4) is 0 Å². The van der Waals surface area contributed by atoms with Crippen molar-refractivity contribution < 1.29 is 4.79 Å². The molecule has 4 heteroatoms. The number of likely N-dealkylation sites (tertiary alicyclic amines) is 1. The molecule has 1 saturated carbocycles. The molecule has 0 radical (unpaired) electrons. The van der Waals surface area contributed by atoms with Gasteiger partial charge in [-0.15, -0.1) is 12.4 Å². The van der Waals surface area contributed by atoms with Crippen LogP contribution in [0.5, 0.6) is 0 Å². The van der Waals surface area contributed by atoms with Crippen LogP contribution < -0.4 is 5.73 Å². The zero-order chi connectivity index (χ0) is 13.2. The SMILES string of the molecule is Cl.Nc1ccc(CC(=O)N2CCCC3CCCC32)cc1. The summed E-state index contributed by atoms with van der Waals surface area (Å²) in [6.07, 6.45) is 6.82. The van der Waals surface area contributed by atoms with E-state index in [0.717, 1.165) is 23.7 Å². The highest BCUT2D eigenvalue weighted by molar-refractivity contribution is 5.85. The molecule has 1 aromatic rings. The minimum Gasteiger partial charge on any atom is -0.399 e. The summed E-state index contributed by atoms with van der Waals surface area (Å²) < 4.78 is 0. The van der Waals surface area contributed by atoms with Crippen molar-refractivity contribution in [2.45, 2.75) is 44.6 Å². The maximum absolute atomic E-state index is 12.5. The number of anilines is 1. The quantitative estimate of drug-likeness (QED) is 0.852. The number of benzene rings is 1. The van der Waals surface area contributed by atoms with Gasteiger partial charge in [-0.05, 0) is 49.3 Å². The molecular weight excluding hydrogens is 272 g/mol. The number of nitrogen functional groups attached to an aromatic ring is 1. The number of nitrogens with zero attached hydrogens (tertiary/aromatic N) is 1. The summed E-state index contributed by atoms with van der Waals surface area (Å²) in [4.78, 5) is 14.6. The van der Waals surface area contributed by atoms with Crippen molar-refractivity contribution in [3.63, 3.8) is 0 Å². The molecule has 2 N–H and O–H groups in total. The van der Waals surface area contributed by atoms with E-state index < -0.39 is 0 Å². The van der Waals surface area contributed by atoms with Crippen molar-refractivity contribution >= 4 is 24.0 Å². The fourth-order valence-corrected chi connectivity index (χ4v) is 3.68. The maximum Gasteiger partial charge on any atom is 0.227 e. The smallest absolute Gasteiger partial charge is 0.227 e. The van der Waals surface area contributed by atoms with E-state index in [0.29, 0.717) is 18.4 Å². The summed E-state index contributed by atoms with van der Waals surface area (Å²) in [5.74, 6) is 1.06. The molecule has 2 atom stereocenters. The van der Waals surface area contributed by atoms with Gasteiger partial charge in [0.1, 0.15) is 0 Å². The molecule has 1 heterocycles. The molecule has 20 heavy (non-hydrogen) atoms. The predicted molar refractivity (Wildman–Crippen MR) is 83.9 cm³/mol. The number of hydrogen-bond donors (Lipinski definition) is 1. The van der Waals surface area contributed by atoms with Crippen LogP contribution in [-0.2, 0) is 11.2 Å². The Morgan fingerprint density at radius 2 is 1.85 bits per heavy atom. The lowest BCUT2D eigenvalue weighted by molar-refractivity contribution is -0.135. The van der Waals surface area contributed by atoms with Crippen molar-refractivity contribution in [2.24, 2.45) is 5.92 Å². The Labute approximate surface area is 126 Å². The number of amides is 1. The topological polar surface area (TPSA) is 46.3 Å². The molecule has 2 fully saturated rings. The molecule has 0 aromatic heterocycles. The number of carbonyl (C=O) groups excluding carboxylic acids is 1. The highest BCUT2D eigenvalue weighted by atomic mass is 35.5. The Kier molecular flexibility index (Phi) is 4.92. The van der Waals surface area contributed by atoms with Gasteiger partial charge in [-0.1, -0.05) is 18.6 Å². The average molecular weight is 295 g/mol. The summed E-state index contributed by atoms with van der Waals surface area (Å²) in [5.41, 5.74) is 7.50. The van der Waals surface area contributed by atoms with Gasteiger partial charge >= 0.3 is 0 Å². The molecule has 1 aromatic carbocycles. The van der Waals surface area contributed by atoms with Gasteiger partial charge in [-0.3, -0.25) is 4.79 Å². The van der Waals surface area contributed by atoms with Gasteiger partial charge in [0, 0.05) is 18.3 Å². The van der Waals surface area contributed by atoms with Gasteiger partial charge < -0.3 is 10.6 Å². The van der Waals surface area contributed by atoms with Gasteiger partial charge in [-0.25, -0.2) is 0 Å². The maximum atomic E-state index is 12.5. The Morgan fingerprint density at radius 3 is 2.60 bits per heavy atom. The summed E-state index contributed by atoms with van der Waals surface area (Å²) >= 11 is 0. The van der Waals surface area contributed by atoms with E-state index in [1.54, 1.807) is 0 Å². The molecule has 1 saturated heterocycles. The second-order valence-electron chi connectivity index (χ2n) is 5.91. The number of fused-ring (bicyclic) bond motifs is 1. The highest BCUT2D eigenvalue weighted by Crippen LogP contribution is 2.36. The summed E-state index contributed by atoms with van der Waals surface area (Å²) in [5, 5.41) is 0. The third-order valence-electron chi connectivity index (χ3n) is 4.65. The minimum atomic E-state index is 0. The fraction of sp³-hybridized carbons (Fsp3) is 0.562. The lowest BCUT2D eigenvalue weighted by Crippen LogP contribution is -2.46. The van der Waals surface area contributed by atoms with Crippen molar-refractivity contribution in [1.82, 2.24) is 4.90 Å². The molecule has 110 valence electrons. The molecule has 2 unspecified atom stereocenters. The summed E-state index contributed by atoms with van der Waals surface area (Å²) in [7, 11) is 0. The van der Waals surface area contributed by atoms with E-state index in [1.165, 1.54) is 32.1 Å². The van der Waals surface area contributed by atoms with Crippen LogP contribution >= 0.6 is 12.4 Å². The first-order valence-electron chi connectivity index (χ1n) is 7.38. The van der Waals surface area contributed by atoms with Crippen LogP contribution in [-0.4, -0.2) is 23.4 Å². The van der Waals surface area contributed by atoms with Gasteiger partial charge in [0.05, 0.1) is 6.42 Å². The second kappa shape index (κ2) is 6.49. The van der Waals surface area contributed by atoms with Crippen LogP contribution in [0.2, 0.25) is 0 Å². The van der Waals surface area contributed by atoms with Crippen molar-refractivity contribution in [3.05, 3.63) is 29.8 Å². The summed E-state index contributed by atoms with van der Waals surface area (Å²) in [6, 6.07) is 8.19. The van der Waals surface area contributed by atoms with Crippen LogP contribution in [0.4, 0.5) is 5.69 Å². The number of halogens is 1. The second-order valence-corrected chi connectivity index (χ2v) is 5.91. The van der Waals surface area contributed by atoms with Crippen LogP contribution in [0.25, 0.3) is 0 Å². The molecule has 1 aliphatic carbocycles. The predicted octanol–water partition coefficient (Wildman–Crippen LogP) is 3.02. The van der Waals surface area contributed by atoms with E-state index in [1.807, 2.05) is 24.3 Å². The fourth-order valence-electron chi connectivity index (χ4n) is 3.68. The van der Waals surface area contributed by atoms with E-state index in [2.05, 4.69) is 4.90 Å². The first-order valence-corrected chi connectivity index (χ1v) is 7.38. The lowest BCUT2D eigenvalue weighted by Gasteiger charge is -2.38. The number of carbonyl (C=O) groups is 1. The van der Waals surface area contributed by atoms with Gasteiger partial charge in [0.2, 0.25) is 5.91 Å². The molecule has 0 spiro atoms. The van der Waals surface area contributed by atoms with Gasteiger partial charge in [-0.2, -0.15) is 0 Å². The van der Waals surface area contributed by atoms with Crippen molar-refractivity contribution in [1.29, 1.82) is 0 Å². The van der Waals surface area contributed by atoms with Crippen molar-refractivity contribution in [2.75, 3.05) is 12.3 Å². The Balaban J connectivity index is 0.00000147. The zero-order valence-corrected chi connectivity index (χ0v) is 12.6. The normalized spacial score (nSPS) is 24.9. The number of nitrogens with two attached hydrogens (primary N) is 1. The van der Waals surface area contributed by atoms with Crippen LogP contribution in [0.3, 0.4) is 0 Å². The Hall–Kier alpha value is -1.22. The first kappa shape index (κ1) is 15.2. The number of piperidine rings is 1. The largest absolute Gasteiger partial charge is 0.399 e.